The number of nitrogens with zero attached hydrogens (tertiary/aromatic N) is 3. The summed E-state index contributed by atoms with van der Waals surface area (Å²) >= 11 is 1.95. The predicted octanol–water partition coefficient (Wildman–Crippen LogP) is 15.1. The molecule has 11 aromatic rings. The van der Waals surface area contributed by atoms with Gasteiger partial charge in [-0.05, 0) is 121 Å². The maximum absolute atomic E-state index is 6.75. The normalized spacial score (nSPS) is 14.7. The Hall–Kier alpha value is -6.89. The second kappa shape index (κ2) is 12.7. The van der Waals surface area contributed by atoms with Crippen molar-refractivity contribution < 1.29 is 4.42 Å². The van der Waals surface area contributed by atoms with Crippen molar-refractivity contribution in [1.82, 2.24) is 9.55 Å². The van der Waals surface area contributed by atoms with Crippen LogP contribution in [0.4, 0.5) is 11.4 Å². The molecule has 6 heteroatoms. The number of fused-ring (bicyclic) bond motifs is 17. The van der Waals surface area contributed by atoms with Gasteiger partial charge in [0.1, 0.15) is 5.52 Å². The fourth-order valence-electron chi connectivity index (χ4n) is 12.0. The van der Waals surface area contributed by atoms with Crippen molar-refractivity contribution in [2.75, 3.05) is 4.81 Å². The van der Waals surface area contributed by atoms with Crippen LogP contribution in [0.1, 0.15) is 77.6 Å². The Kier molecular flexibility index (Phi) is 7.39. The summed E-state index contributed by atoms with van der Waals surface area (Å²) in [4.78, 5) is 7.94. The first-order valence-electron chi connectivity index (χ1n) is 23.4. The lowest BCUT2D eigenvalue weighted by Crippen LogP contribution is -2.60. The van der Waals surface area contributed by atoms with Gasteiger partial charge in [-0.15, -0.1) is 11.3 Å². The van der Waals surface area contributed by atoms with Crippen LogP contribution < -0.4 is 15.7 Å². The first-order valence-corrected chi connectivity index (χ1v) is 24.2. The molecule has 5 heterocycles. The Balaban J connectivity index is 1.21. The second-order valence-corrected chi connectivity index (χ2v) is 22.6. The third-order valence-electron chi connectivity index (χ3n) is 15.3. The standard InChI is InChI=1S/C60H48BN3OS/c1-58(2,3)34-22-25-36(26-23-34)64-47-30-39-37-18-12-14-20-42(37)60(7,8)43(39)29-41(47)51-52-38-19-13-15-21-50(38)66-56(52)53-40-28-35(59(4,5)6)24-27-46(40)63-48-32-49-45(31-44(48)61(64)54(51)55(53)63)62-57(65-49)33-16-10-9-11-17-33/h9-32H,1-8H3. The van der Waals surface area contributed by atoms with Gasteiger partial charge < -0.3 is 13.8 Å². The zero-order chi connectivity index (χ0) is 44.8. The van der Waals surface area contributed by atoms with E-state index in [1.54, 1.807) is 0 Å². The van der Waals surface area contributed by atoms with E-state index in [0.29, 0.717) is 5.89 Å². The van der Waals surface area contributed by atoms with E-state index in [2.05, 4.69) is 204 Å². The number of oxazole rings is 1. The van der Waals surface area contributed by atoms with E-state index in [1.165, 1.54) is 109 Å². The van der Waals surface area contributed by atoms with Gasteiger partial charge in [0.05, 0.1) is 11.0 Å². The van der Waals surface area contributed by atoms with Crippen molar-refractivity contribution in [2.24, 2.45) is 0 Å². The molecule has 3 aromatic heterocycles. The van der Waals surface area contributed by atoms with E-state index in [0.717, 1.165) is 22.4 Å². The fraction of sp³-hybridized carbons (Fsp3) is 0.183. The van der Waals surface area contributed by atoms with Crippen LogP contribution >= 0.6 is 11.3 Å². The van der Waals surface area contributed by atoms with Crippen LogP contribution in [-0.4, -0.2) is 16.4 Å². The molecule has 0 bridgehead atoms. The van der Waals surface area contributed by atoms with Gasteiger partial charge in [-0.2, -0.15) is 0 Å². The molecule has 0 N–H and O–H groups in total. The quantitative estimate of drug-likeness (QED) is 0.162. The maximum atomic E-state index is 6.75. The van der Waals surface area contributed by atoms with Crippen molar-refractivity contribution in [3.8, 4) is 39.4 Å². The lowest BCUT2D eigenvalue weighted by Gasteiger charge is -2.43. The van der Waals surface area contributed by atoms with Crippen molar-refractivity contribution in [2.45, 2.75) is 71.6 Å². The first-order chi connectivity index (χ1) is 31.8. The summed E-state index contributed by atoms with van der Waals surface area (Å²) in [7, 11) is 0. The Morgan fingerprint density at radius 2 is 1.35 bits per heavy atom. The SMILES string of the molecule is CC(C)(C)c1ccc(N2B3c4cc5nc(-c6ccccc6)oc5cc4-n4c5ccc(C(C)(C)C)cc5c5c6sc7ccccc7c6c(c3c54)-c3cc4c(cc32)-c2ccccc2C4(C)C)cc1. The summed E-state index contributed by atoms with van der Waals surface area (Å²) in [6.07, 6.45) is 0. The molecule has 14 rings (SSSR count). The Morgan fingerprint density at radius 1 is 0.621 bits per heavy atom. The molecule has 1 aliphatic carbocycles. The minimum atomic E-state index is -0.184. The molecule has 66 heavy (non-hydrogen) atoms. The third-order valence-corrected chi connectivity index (χ3v) is 16.5. The Morgan fingerprint density at radius 3 is 2.14 bits per heavy atom. The molecule has 0 amide bonds. The Labute approximate surface area is 389 Å². The van der Waals surface area contributed by atoms with Gasteiger partial charge in [-0.3, -0.25) is 0 Å². The van der Waals surface area contributed by atoms with E-state index in [9.17, 15) is 0 Å². The number of benzene rings is 8. The average molecular weight is 870 g/mol. The summed E-state index contributed by atoms with van der Waals surface area (Å²) in [5.74, 6) is 0.635. The van der Waals surface area contributed by atoms with Gasteiger partial charge in [0.15, 0.2) is 5.58 Å². The second-order valence-electron chi connectivity index (χ2n) is 21.6. The highest BCUT2D eigenvalue weighted by Crippen LogP contribution is 2.57. The minimum Gasteiger partial charge on any atom is -0.436 e. The molecule has 3 aliphatic rings. The molecular formula is C60H48BN3OS. The van der Waals surface area contributed by atoms with Crippen LogP contribution in [0.2, 0.25) is 0 Å². The van der Waals surface area contributed by atoms with Gasteiger partial charge in [-0.25, -0.2) is 4.98 Å². The molecule has 0 saturated heterocycles. The smallest absolute Gasteiger partial charge is 0.333 e. The highest BCUT2D eigenvalue weighted by Gasteiger charge is 2.48. The average Bonchev–Trinajstić information content (AvgIpc) is 4.06. The van der Waals surface area contributed by atoms with Gasteiger partial charge in [0, 0.05) is 70.6 Å². The zero-order valence-electron chi connectivity index (χ0n) is 38.6. The first kappa shape index (κ1) is 38.4. The number of thiophene rings is 1. The van der Waals surface area contributed by atoms with Crippen molar-refractivity contribution >= 4 is 93.6 Å². The molecule has 318 valence electrons. The van der Waals surface area contributed by atoms with E-state index >= 15 is 0 Å². The molecule has 2 aliphatic heterocycles. The zero-order valence-corrected chi connectivity index (χ0v) is 39.4. The number of aromatic nitrogens is 2. The topological polar surface area (TPSA) is 34.2 Å². The number of hydrogen-bond donors (Lipinski definition) is 0. The van der Waals surface area contributed by atoms with Crippen molar-refractivity contribution in [1.29, 1.82) is 0 Å². The van der Waals surface area contributed by atoms with Crippen LogP contribution in [0.15, 0.2) is 150 Å². The van der Waals surface area contributed by atoms with Crippen LogP contribution in [0.3, 0.4) is 0 Å². The molecular weight excluding hydrogens is 822 g/mol. The highest BCUT2D eigenvalue weighted by atomic mass is 32.1. The molecule has 0 atom stereocenters. The largest absolute Gasteiger partial charge is 0.436 e. The maximum Gasteiger partial charge on any atom is 0.333 e. The molecule has 0 radical (unpaired) electrons. The monoisotopic (exact) mass is 869 g/mol. The van der Waals surface area contributed by atoms with Gasteiger partial charge in [-0.1, -0.05) is 134 Å². The summed E-state index contributed by atoms with van der Waals surface area (Å²) in [6.45, 7) is 18.5. The van der Waals surface area contributed by atoms with Crippen LogP contribution in [0, 0.1) is 0 Å². The van der Waals surface area contributed by atoms with Crippen LogP contribution in [0.5, 0.6) is 0 Å². The highest BCUT2D eigenvalue weighted by molar-refractivity contribution is 7.27. The summed E-state index contributed by atoms with van der Waals surface area (Å²) < 4.78 is 12.0. The molecule has 4 nitrogen and oxygen atoms in total. The van der Waals surface area contributed by atoms with Crippen LogP contribution in [0.25, 0.3) is 92.5 Å². The minimum absolute atomic E-state index is 0.0120. The van der Waals surface area contributed by atoms with E-state index in [1.807, 2.05) is 17.4 Å². The Bertz CT molecular complexity index is 3930. The number of anilines is 2. The predicted molar refractivity (Wildman–Crippen MR) is 281 cm³/mol. The summed E-state index contributed by atoms with van der Waals surface area (Å²) in [5.41, 5.74) is 21.7. The number of hydrogen-bond acceptors (Lipinski definition) is 4. The fourth-order valence-corrected chi connectivity index (χ4v) is 13.2. The molecule has 0 spiro atoms. The van der Waals surface area contributed by atoms with Crippen molar-refractivity contribution in [3.05, 3.63) is 168 Å². The molecule has 0 unspecified atom stereocenters. The lowest BCUT2D eigenvalue weighted by atomic mass is 9.43. The molecule has 8 aromatic carbocycles. The lowest BCUT2D eigenvalue weighted by molar-refractivity contribution is 0.590. The van der Waals surface area contributed by atoms with E-state index in [4.69, 9.17) is 9.40 Å². The third kappa shape index (κ3) is 4.98. The number of rotatable bonds is 2. The van der Waals surface area contributed by atoms with E-state index < -0.39 is 0 Å². The molecule has 0 fully saturated rings. The van der Waals surface area contributed by atoms with Gasteiger partial charge in [0.25, 0.3) is 0 Å². The van der Waals surface area contributed by atoms with Gasteiger partial charge in [0.2, 0.25) is 5.89 Å². The van der Waals surface area contributed by atoms with Crippen molar-refractivity contribution in [3.63, 3.8) is 0 Å². The van der Waals surface area contributed by atoms with Crippen LogP contribution in [-0.2, 0) is 16.2 Å². The van der Waals surface area contributed by atoms with Gasteiger partial charge >= 0.3 is 6.85 Å². The summed E-state index contributed by atoms with van der Waals surface area (Å²) in [5, 5.41) is 5.31. The summed E-state index contributed by atoms with van der Waals surface area (Å²) in [6, 6.07) is 55.0. The van der Waals surface area contributed by atoms with E-state index in [-0.39, 0.29) is 23.1 Å². The molecule has 0 saturated carbocycles.